The van der Waals surface area contributed by atoms with Gasteiger partial charge in [0, 0.05) is 60.4 Å². The minimum atomic E-state index is -4.62. The van der Waals surface area contributed by atoms with Gasteiger partial charge in [0.1, 0.15) is 5.69 Å². The lowest BCUT2D eigenvalue weighted by molar-refractivity contribution is -0.136. The lowest BCUT2D eigenvalue weighted by atomic mass is 9.81. The van der Waals surface area contributed by atoms with Crippen LogP contribution < -0.4 is 5.32 Å². The Kier molecular flexibility index (Phi) is 7.62. The number of alkyl halides is 3. The number of benzene rings is 1. The molecule has 1 amide bonds. The van der Waals surface area contributed by atoms with Gasteiger partial charge in [-0.25, -0.2) is 4.98 Å². The van der Waals surface area contributed by atoms with Crippen molar-refractivity contribution in [1.29, 1.82) is 0 Å². The maximum Gasteiger partial charge on any atom is 0.418 e. The Morgan fingerprint density at radius 3 is 2.67 bits per heavy atom. The molecule has 1 saturated heterocycles. The minimum absolute atomic E-state index is 0.0800. The summed E-state index contributed by atoms with van der Waals surface area (Å²) in [4.78, 5) is 26.2. The number of rotatable bonds is 6. The number of H-pyrrole nitrogens is 1. The van der Waals surface area contributed by atoms with Crippen LogP contribution in [0.4, 0.5) is 13.2 Å². The number of nitrogens with zero attached hydrogens (tertiary/aromatic N) is 5. The molecule has 0 bridgehead atoms. The monoisotopic (exact) mass is 581 g/mol. The van der Waals surface area contributed by atoms with Crippen molar-refractivity contribution in [3.63, 3.8) is 0 Å². The van der Waals surface area contributed by atoms with Gasteiger partial charge in [0.2, 0.25) is 0 Å². The van der Waals surface area contributed by atoms with Crippen LogP contribution in [0.5, 0.6) is 0 Å². The lowest BCUT2D eigenvalue weighted by Crippen LogP contribution is -2.46. The van der Waals surface area contributed by atoms with E-state index in [0.717, 1.165) is 36.7 Å². The van der Waals surface area contributed by atoms with Gasteiger partial charge in [-0.2, -0.15) is 18.3 Å². The molecule has 1 aliphatic heterocycles. The van der Waals surface area contributed by atoms with Crippen molar-refractivity contribution in [3.05, 3.63) is 52.5 Å². The van der Waals surface area contributed by atoms with Crippen LogP contribution in [0.3, 0.4) is 0 Å². The summed E-state index contributed by atoms with van der Waals surface area (Å²) in [5.41, 5.74) is 3.22. The Morgan fingerprint density at radius 2 is 1.98 bits per heavy atom. The smallest absolute Gasteiger partial charge is 0.379 e. The Balaban J connectivity index is 1.50. The number of aromatic amines is 1. The molecule has 2 aliphatic rings. The second-order valence-electron chi connectivity index (χ2n) is 11.3. The van der Waals surface area contributed by atoms with Crippen molar-refractivity contribution in [3.8, 4) is 11.3 Å². The molecule has 0 spiro atoms. The number of amides is 1. The van der Waals surface area contributed by atoms with Crippen LogP contribution in [0.1, 0.15) is 39.3 Å². The summed E-state index contributed by atoms with van der Waals surface area (Å²) in [5, 5.41) is 11.1. The number of hydrogen-bond donors (Lipinski definition) is 2. The maximum absolute atomic E-state index is 14.5. The quantitative estimate of drug-likeness (QED) is 0.356. The number of morpholine rings is 1. The van der Waals surface area contributed by atoms with Gasteiger partial charge in [-0.3, -0.25) is 19.8 Å². The van der Waals surface area contributed by atoms with Gasteiger partial charge in [0.05, 0.1) is 35.5 Å². The number of aromatic nitrogens is 4. The normalized spacial score (nSPS) is 18.1. The van der Waals surface area contributed by atoms with E-state index in [1.54, 1.807) is 18.3 Å². The second kappa shape index (κ2) is 11.2. The summed E-state index contributed by atoms with van der Waals surface area (Å²) in [7, 11) is 3.84. The molecule has 6 rings (SSSR count). The molecule has 1 aromatic carbocycles. The van der Waals surface area contributed by atoms with Gasteiger partial charge in [-0.05, 0) is 69.6 Å². The van der Waals surface area contributed by atoms with E-state index in [4.69, 9.17) is 9.72 Å². The summed E-state index contributed by atoms with van der Waals surface area (Å²) < 4.78 is 48.9. The van der Waals surface area contributed by atoms with E-state index in [1.807, 2.05) is 25.9 Å². The summed E-state index contributed by atoms with van der Waals surface area (Å²) >= 11 is 0. The Hall–Kier alpha value is -3.61. The summed E-state index contributed by atoms with van der Waals surface area (Å²) in [6.07, 6.45) is -0.984. The van der Waals surface area contributed by atoms with E-state index in [2.05, 4.69) is 25.4 Å². The molecular formula is C30H34F3N7O2. The Bertz CT molecular complexity index is 1630. The van der Waals surface area contributed by atoms with Gasteiger partial charge < -0.3 is 15.0 Å². The van der Waals surface area contributed by atoms with E-state index in [9.17, 15) is 18.0 Å². The van der Waals surface area contributed by atoms with Crippen molar-refractivity contribution in [2.24, 2.45) is 0 Å². The predicted molar refractivity (Wildman–Crippen MR) is 153 cm³/mol. The maximum atomic E-state index is 14.5. The van der Waals surface area contributed by atoms with Crippen LogP contribution in [-0.4, -0.2) is 95.4 Å². The van der Waals surface area contributed by atoms with Crippen molar-refractivity contribution < 1.29 is 22.7 Å². The third-order valence-corrected chi connectivity index (χ3v) is 8.32. The van der Waals surface area contributed by atoms with Crippen molar-refractivity contribution in [2.75, 3.05) is 53.5 Å². The number of fused-ring (bicyclic) bond motifs is 5. The standard InChI is InChI=1S/C30H34F3N7O2/c1-17-25-24(38-37-17)15-22(30(31,32)33)28-26(25)20-6-5-19(40-10-12-42-13-11-40)14-21(20)27(36-28)18-4-7-23(35-16-18)29(41)34-8-9-39(2)3/h4,7,15-16,19H,5-6,8-14H2,1-3H3,(H,34,41)(H,37,38). The second-order valence-corrected chi connectivity index (χ2v) is 11.3. The molecule has 3 aromatic heterocycles. The SMILES string of the molecule is Cc1[nH]nc2cc(C(F)(F)F)c3nc(-c4ccc(C(=O)NCCN(C)C)nc4)c4c(c3c12)CCC(N1CCOCC1)C4. The molecule has 0 saturated carbocycles. The highest BCUT2D eigenvalue weighted by atomic mass is 19.4. The van der Waals surface area contributed by atoms with E-state index in [-0.39, 0.29) is 28.7 Å². The van der Waals surface area contributed by atoms with E-state index in [1.165, 1.54) is 0 Å². The van der Waals surface area contributed by atoms with Crippen LogP contribution >= 0.6 is 0 Å². The van der Waals surface area contributed by atoms with Gasteiger partial charge >= 0.3 is 6.18 Å². The zero-order valence-corrected chi connectivity index (χ0v) is 23.9. The van der Waals surface area contributed by atoms with Crippen LogP contribution in [-0.2, 0) is 23.8 Å². The van der Waals surface area contributed by atoms with Gasteiger partial charge in [0.15, 0.2) is 0 Å². The van der Waals surface area contributed by atoms with Crippen molar-refractivity contribution in [2.45, 2.75) is 38.4 Å². The number of hydrogen-bond acceptors (Lipinski definition) is 7. The fourth-order valence-corrected chi connectivity index (χ4v) is 6.21. The zero-order chi connectivity index (χ0) is 29.6. The molecule has 1 fully saturated rings. The topological polar surface area (TPSA) is 99.3 Å². The first-order chi connectivity index (χ1) is 20.1. The minimum Gasteiger partial charge on any atom is -0.379 e. The first kappa shape index (κ1) is 28.5. The fourth-order valence-electron chi connectivity index (χ4n) is 6.21. The van der Waals surface area contributed by atoms with Crippen LogP contribution in [0.25, 0.3) is 33.1 Å². The Morgan fingerprint density at radius 1 is 1.19 bits per heavy atom. The van der Waals surface area contributed by atoms with Crippen molar-refractivity contribution >= 4 is 27.7 Å². The third kappa shape index (κ3) is 5.34. The van der Waals surface area contributed by atoms with Gasteiger partial charge in [-0.15, -0.1) is 0 Å². The lowest BCUT2D eigenvalue weighted by Gasteiger charge is -2.38. The Labute approximate surface area is 241 Å². The van der Waals surface area contributed by atoms with E-state index >= 15 is 0 Å². The first-order valence-corrected chi connectivity index (χ1v) is 14.2. The fraction of sp³-hybridized carbons (Fsp3) is 0.467. The molecule has 4 aromatic rings. The highest BCUT2D eigenvalue weighted by Crippen LogP contribution is 2.44. The number of carbonyl (C=O) groups excluding carboxylic acids is 1. The molecule has 2 N–H and O–H groups in total. The van der Waals surface area contributed by atoms with Crippen molar-refractivity contribution in [1.82, 2.24) is 35.3 Å². The number of nitrogens with one attached hydrogen (secondary N) is 2. The average Bonchev–Trinajstić information content (AvgIpc) is 3.36. The number of halogens is 3. The average molecular weight is 582 g/mol. The molecule has 1 aliphatic carbocycles. The van der Waals surface area contributed by atoms with Crippen LogP contribution in [0, 0.1) is 6.92 Å². The largest absolute Gasteiger partial charge is 0.418 e. The molecule has 4 heterocycles. The highest BCUT2D eigenvalue weighted by molar-refractivity contribution is 6.10. The summed E-state index contributed by atoms with van der Waals surface area (Å²) in [6.45, 7) is 5.95. The molecule has 12 heteroatoms. The molecule has 1 unspecified atom stereocenters. The third-order valence-electron chi connectivity index (χ3n) is 8.32. The van der Waals surface area contributed by atoms with E-state index in [0.29, 0.717) is 66.9 Å². The zero-order valence-electron chi connectivity index (χ0n) is 23.9. The predicted octanol–water partition coefficient (Wildman–Crippen LogP) is 3.98. The van der Waals surface area contributed by atoms with Gasteiger partial charge in [0.25, 0.3) is 5.91 Å². The van der Waals surface area contributed by atoms with Gasteiger partial charge in [-0.1, -0.05) is 0 Å². The molecule has 9 nitrogen and oxygen atoms in total. The molecule has 222 valence electrons. The van der Waals surface area contributed by atoms with E-state index < -0.39 is 11.7 Å². The first-order valence-electron chi connectivity index (χ1n) is 14.2. The summed E-state index contributed by atoms with van der Waals surface area (Å²) in [6, 6.07) is 4.65. The number of carbonyl (C=O) groups is 1. The summed E-state index contributed by atoms with van der Waals surface area (Å²) in [5.74, 6) is -0.304. The number of pyridine rings is 2. The molecular weight excluding hydrogens is 547 g/mol. The number of likely N-dealkylation sites (N-methyl/N-ethyl adjacent to an activating group) is 1. The number of aryl methyl sites for hydroxylation is 2. The number of ether oxygens (including phenoxy) is 1. The molecule has 1 atom stereocenters. The van der Waals surface area contributed by atoms with Crippen LogP contribution in [0.15, 0.2) is 24.4 Å². The highest BCUT2D eigenvalue weighted by Gasteiger charge is 2.37. The molecule has 0 radical (unpaired) electrons. The van der Waals surface area contributed by atoms with Crippen LogP contribution in [0.2, 0.25) is 0 Å². The molecule has 42 heavy (non-hydrogen) atoms.